The van der Waals surface area contributed by atoms with Crippen LogP contribution in [0.1, 0.15) is 43.2 Å². The number of carbonyl (C=O) groups is 1. The van der Waals surface area contributed by atoms with Gasteiger partial charge in [-0.05, 0) is 37.0 Å². The smallest absolute Gasteiger partial charge is 0.222 e. The number of benzene rings is 1. The number of amides is 1. The minimum Gasteiger partial charge on any atom is -0.399 e. The summed E-state index contributed by atoms with van der Waals surface area (Å²) in [5.41, 5.74) is 9.00. The lowest BCUT2D eigenvalue weighted by Gasteiger charge is -2.25. The lowest BCUT2D eigenvalue weighted by Crippen LogP contribution is -2.32. The molecule has 1 aliphatic rings. The van der Waals surface area contributed by atoms with Crippen molar-refractivity contribution in [1.82, 2.24) is 4.90 Å². The van der Waals surface area contributed by atoms with Gasteiger partial charge in [-0.2, -0.15) is 0 Å². The zero-order valence-electron chi connectivity index (χ0n) is 11.1. The maximum Gasteiger partial charge on any atom is 0.222 e. The van der Waals surface area contributed by atoms with Gasteiger partial charge in [0.25, 0.3) is 0 Å². The summed E-state index contributed by atoms with van der Waals surface area (Å²) in [7, 11) is 0. The third kappa shape index (κ3) is 3.03. The van der Waals surface area contributed by atoms with Gasteiger partial charge in [-0.3, -0.25) is 4.79 Å². The third-order valence-corrected chi connectivity index (χ3v) is 3.77. The summed E-state index contributed by atoms with van der Waals surface area (Å²) in [6.07, 6.45) is 5.27. The lowest BCUT2D eigenvalue weighted by atomic mass is 10.0. The van der Waals surface area contributed by atoms with Crippen molar-refractivity contribution < 1.29 is 4.79 Å². The van der Waals surface area contributed by atoms with Crippen LogP contribution >= 0.6 is 0 Å². The first-order valence-corrected chi connectivity index (χ1v) is 6.80. The van der Waals surface area contributed by atoms with Crippen LogP contribution in [0, 0.1) is 6.92 Å². The van der Waals surface area contributed by atoms with Gasteiger partial charge in [0.05, 0.1) is 0 Å². The molecule has 2 rings (SSSR count). The first kappa shape index (κ1) is 12.9. The molecule has 98 valence electrons. The molecule has 1 aromatic rings. The van der Waals surface area contributed by atoms with Gasteiger partial charge in [0.15, 0.2) is 0 Å². The molecule has 18 heavy (non-hydrogen) atoms. The van der Waals surface area contributed by atoms with E-state index in [1.54, 1.807) is 0 Å². The van der Waals surface area contributed by atoms with Crippen LogP contribution in [0.15, 0.2) is 18.2 Å². The molecule has 1 fully saturated rings. The van der Waals surface area contributed by atoms with Crippen molar-refractivity contribution in [1.29, 1.82) is 0 Å². The maximum atomic E-state index is 12.1. The van der Waals surface area contributed by atoms with Gasteiger partial charge in [0, 0.05) is 25.2 Å². The molecule has 0 saturated carbocycles. The minimum absolute atomic E-state index is 0.288. The summed E-state index contributed by atoms with van der Waals surface area (Å²) in [6, 6.07) is 5.94. The molecule has 1 aliphatic heterocycles. The highest BCUT2D eigenvalue weighted by molar-refractivity contribution is 5.76. The predicted octanol–water partition coefficient (Wildman–Crippen LogP) is 2.87. The molecular weight excluding hydrogens is 224 g/mol. The summed E-state index contributed by atoms with van der Waals surface area (Å²) in [5.74, 6) is 0.288. The van der Waals surface area contributed by atoms with E-state index in [4.69, 9.17) is 5.73 Å². The number of nitrogens with two attached hydrogens (primary N) is 1. The van der Waals surface area contributed by atoms with Crippen LogP contribution in [0.2, 0.25) is 0 Å². The molecule has 1 saturated heterocycles. The zero-order chi connectivity index (χ0) is 13.0. The maximum absolute atomic E-state index is 12.1. The standard InChI is InChI=1S/C15H22N2O/c1-12-13(7-6-8-14(12)16)11-17-10-5-3-2-4-9-15(17)18/h6-8H,2-5,9-11,16H2,1H3. The zero-order valence-corrected chi connectivity index (χ0v) is 11.1. The van der Waals surface area contributed by atoms with E-state index in [9.17, 15) is 4.79 Å². The summed E-state index contributed by atoms with van der Waals surface area (Å²) in [4.78, 5) is 14.0. The number of hydrogen-bond donors (Lipinski definition) is 1. The molecule has 0 aromatic heterocycles. The molecule has 0 spiro atoms. The first-order chi connectivity index (χ1) is 8.68. The normalized spacial score (nSPS) is 17.4. The molecule has 0 aliphatic carbocycles. The highest BCUT2D eigenvalue weighted by atomic mass is 16.2. The van der Waals surface area contributed by atoms with Gasteiger partial charge >= 0.3 is 0 Å². The van der Waals surface area contributed by atoms with Crippen LogP contribution < -0.4 is 5.73 Å². The van der Waals surface area contributed by atoms with E-state index >= 15 is 0 Å². The predicted molar refractivity (Wildman–Crippen MR) is 74.1 cm³/mol. The second kappa shape index (κ2) is 5.89. The Bertz CT molecular complexity index is 429. The van der Waals surface area contributed by atoms with Crippen LogP contribution in [0.25, 0.3) is 0 Å². The lowest BCUT2D eigenvalue weighted by molar-refractivity contribution is -0.132. The van der Waals surface area contributed by atoms with E-state index in [0.29, 0.717) is 13.0 Å². The first-order valence-electron chi connectivity index (χ1n) is 6.80. The number of nitrogen functional groups attached to an aromatic ring is 1. The molecule has 1 aromatic carbocycles. The van der Waals surface area contributed by atoms with E-state index in [-0.39, 0.29) is 5.91 Å². The minimum atomic E-state index is 0.288. The van der Waals surface area contributed by atoms with Crippen molar-refractivity contribution in [3.05, 3.63) is 29.3 Å². The number of carbonyl (C=O) groups excluding carboxylic acids is 1. The number of hydrogen-bond acceptors (Lipinski definition) is 2. The van der Waals surface area contributed by atoms with Gasteiger partial charge < -0.3 is 10.6 Å². The average Bonchev–Trinajstić information content (AvgIpc) is 2.34. The molecule has 2 N–H and O–H groups in total. The van der Waals surface area contributed by atoms with Gasteiger partial charge in [0.1, 0.15) is 0 Å². The molecule has 0 bridgehead atoms. The molecule has 3 heteroatoms. The second-order valence-corrected chi connectivity index (χ2v) is 5.11. The molecule has 0 radical (unpaired) electrons. The van der Waals surface area contributed by atoms with E-state index in [1.807, 2.05) is 24.0 Å². The quantitative estimate of drug-likeness (QED) is 0.816. The Morgan fingerprint density at radius 2 is 2.00 bits per heavy atom. The van der Waals surface area contributed by atoms with Crippen LogP contribution in [0.4, 0.5) is 5.69 Å². The van der Waals surface area contributed by atoms with Gasteiger partial charge in [-0.15, -0.1) is 0 Å². The Kier molecular flexibility index (Phi) is 4.24. The fourth-order valence-electron chi connectivity index (χ4n) is 2.46. The Balaban J connectivity index is 2.10. The fraction of sp³-hybridized carbons (Fsp3) is 0.533. The average molecular weight is 246 g/mol. The Labute approximate surface area is 109 Å². The van der Waals surface area contributed by atoms with Gasteiger partial charge in [0.2, 0.25) is 5.91 Å². The summed E-state index contributed by atoms with van der Waals surface area (Å²) in [5, 5.41) is 0. The Morgan fingerprint density at radius 3 is 2.83 bits per heavy atom. The number of nitrogens with zero attached hydrogens (tertiary/aromatic N) is 1. The SMILES string of the molecule is Cc1c(N)cccc1CN1CCCCCCC1=O. The topological polar surface area (TPSA) is 46.3 Å². The second-order valence-electron chi connectivity index (χ2n) is 5.11. The van der Waals surface area contributed by atoms with Crippen molar-refractivity contribution >= 4 is 11.6 Å². The fourth-order valence-corrected chi connectivity index (χ4v) is 2.46. The van der Waals surface area contributed by atoms with Gasteiger partial charge in [-0.25, -0.2) is 0 Å². The summed E-state index contributed by atoms with van der Waals surface area (Å²) < 4.78 is 0. The van der Waals surface area contributed by atoms with Crippen molar-refractivity contribution in [3.63, 3.8) is 0 Å². The van der Waals surface area contributed by atoms with Crippen molar-refractivity contribution in [2.45, 2.75) is 45.6 Å². The highest BCUT2D eigenvalue weighted by Crippen LogP contribution is 2.19. The van der Waals surface area contributed by atoms with Crippen LogP contribution in [-0.4, -0.2) is 17.4 Å². The van der Waals surface area contributed by atoms with Crippen LogP contribution in [-0.2, 0) is 11.3 Å². The monoisotopic (exact) mass is 246 g/mol. The van der Waals surface area contributed by atoms with E-state index in [0.717, 1.165) is 30.6 Å². The van der Waals surface area contributed by atoms with E-state index in [1.165, 1.54) is 18.4 Å². The Hall–Kier alpha value is -1.51. The molecule has 0 unspecified atom stereocenters. The summed E-state index contributed by atoms with van der Waals surface area (Å²) >= 11 is 0. The highest BCUT2D eigenvalue weighted by Gasteiger charge is 2.16. The van der Waals surface area contributed by atoms with Crippen molar-refractivity contribution in [2.75, 3.05) is 12.3 Å². The van der Waals surface area contributed by atoms with Crippen LogP contribution in [0.3, 0.4) is 0 Å². The summed E-state index contributed by atoms with van der Waals surface area (Å²) in [6.45, 7) is 3.61. The van der Waals surface area contributed by atoms with E-state index in [2.05, 4.69) is 6.07 Å². The molecule has 1 heterocycles. The molecule has 3 nitrogen and oxygen atoms in total. The van der Waals surface area contributed by atoms with Crippen molar-refractivity contribution in [2.24, 2.45) is 0 Å². The number of likely N-dealkylation sites (tertiary alicyclic amines) is 1. The van der Waals surface area contributed by atoms with Gasteiger partial charge in [-0.1, -0.05) is 25.0 Å². The number of rotatable bonds is 2. The number of anilines is 1. The molecule has 0 atom stereocenters. The third-order valence-electron chi connectivity index (χ3n) is 3.77. The van der Waals surface area contributed by atoms with Crippen LogP contribution in [0.5, 0.6) is 0 Å². The molecular formula is C15H22N2O. The Morgan fingerprint density at radius 1 is 1.22 bits per heavy atom. The van der Waals surface area contributed by atoms with Crippen molar-refractivity contribution in [3.8, 4) is 0 Å². The largest absolute Gasteiger partial charge is 0.399 e. The molecule has 1 amide bonds. The van der Waals surface area contributed by atoms with E-state index < -0.39 is 0 Å².